The first-order valence-corrected chi connectivity index (χ1v) is 10.7. The Bertz CT molecular complexity index is 1740. The molecule has 1 N–H and O–H groups in total. The Morgan fingerprint density at radius 1 is 0.941 bits per heavy atom. The smallest absolute Gasteiger partial charge is 0.321 e. The van der Waals surface area contributed by atoms with Gasteiger partial charge < -0.3 is 5.32 Å². The van der Waals surface area contributed by atoms with Crippen molar-refractivity contribution in [3.63, 3.8) is 0 Å². The molecule has 9 heteroatoms. The molecule has 168 valence electrons. The lowest BCUT2D eigenvalue weighted by atomic mass is 10.0. The van der Waals surface area contributed by atoms with Gasteiger partial charge in [-0.15, -0.1) is 0 Å². The number of benzene rings is 2. The fourth-order valence-electron chi connectivity index (χ4n) is 3.90. The fraction of sp³-hybridized carbons (Fsp3) is 0.0800. The van der Waals surface area contributed by atoms with Crippen molar-refractivity contribution in [3.8, 4) is 11.3 Å². The average Bonchev–Trinajstić information content (AvgIpc) is 2.85. The monoisotopic (exact) mass is 471 g/mol. The predicted molar refractivity (Wildman–Crippen MR) is 132 cm³/mol. The molecule has 0 radical (unpaired) electrons. The number of anilines is 1. The molecule has 3 heterocycles. The SMILES string of the molecule is Cn1c(=O)c2cc(NC(=O)c3cc(-c4ccccc4Cl)nc4ccccc34)cnc2n(C)c1=O. The summed E-state index contributed by atoms with van der Waals surface area (Å²) < 4.78 is 2.29. The molecule has 0 saturated carbocycles. The number of nitrogens with zero attached hydrogens (tertiary/aromatic N) is 4. The molecular formula is C25H18ClN5O3. The molecule has 0 aliphatic carbocycles. The van der Waals surface area contributed by atoms with Crippen LogP contribution in [0.25, 0.3) is 33.2 Å². The van der Waals surface area contributed by atoms with Crippen molar-refractivity contribution < 1.29 is 4.79 Å². The second-order valence-corrected chi connectivity index (χ2v) is 8.21. The van der Waals surface area contributed by atoms with Gasteiger partial charge in [0.1, 0.15) is 5.65 Å². The van der Waals surface area contributed by atoms with Gasteiger partial charge in [0.2, 0.25) is 0 Å². The van der Waals surface area contributed by atoms with Gasteiger partial charge >= 0.3 is 5.69 Å². The summed E-state index contributed by atoms with van der Waals surface area (Å²) in [5, 5.41) is 4.23. The largest absolute Gasteiger partial charge is 0.332 e. The van der Waals surface area contributed by atoms with Gasteiger partial charge in [0, 0.05) is 30.1 Å². The predicted octanol–water partition coefficient (Wildman–Crippen LogP) is 3.75. The summed E-state index contributed by atoms with van der Waals surface area (Å²) in [6, 6.07) is 17.8. The van der Waals surface area contributed by atoms with E-state index in [0.29, 0.717) is 38.4 Å². The molecule has 0 saturated heterocycles. The molecule has 5 rings (SSSR count). The van der Waals surface area contributed by atoms with Crippen molar-refractivity contribution in [3.05, 3.63) is 98.3 Å². The zero-order valence-corrected chi connectivity index (χ0v) is 19.0. The van der Waals surface area contributed by atoms with Gasteiger partial charge in [-0.25, -0.2) is 14.8 Å². The summed E-state index contributed by atoms with van der Waals surface area (Å²) >= 11 is 6.37. The van der Waals surface area contributed by atoms with Crippen LogP contribution in [0.15, 0.2) is 76.4 Å². The third-order valence-corrected chi connectivity index (χ3v) is 5.99. The van der Waals surface area contributed by atoms with Crippen LogP contribution in [0, 0.1) is 0 Å². The average molecular weight is 472 g/mol. The molecule has 1 amide bonds. The lowest BCUT2D eigenvalue weighted by Crippen LogP contribution is -2.37. The molecule has 0 aliphatic rings. The topological polar surface area (TPSA) is 98.9 Å². The molecule has 0 bridgehead atoms. The fourth-order valence-corrected chi connectivity index (χ4v) is 4.13. The summed E-state index contributed by atoms with van der Waals surface area (Å²) in [5.74, 6) is -0.394. The van der Waals surface area contributed by atoms with Crippen LogP contribution in [0.4, 0.5) is 5.69 Å². The Balaban J connectivity index is 1.62. The van der Waals surface area contributed by atoms with E-state index in [1.807, 2.05) is 42.5 Å². The van der Waals surface area contributed by atoms with E-state index < -0.39 is 17.2 Å². The molecule has 3 aromatic heterocycles. The molecule has 5 aromatic rings. The molecule has 0 unspecified atom stereocenters. The lowest BCUT2D eigenvalue weighted by Gasteiger charge is -2.12. The molecule has 34 heavy (non-hydrogen) atoms. The number of carbonyl (C=O) groups excluding carboxylic acids is 1. The Hall–Kier alpha value is -4.30. The maximum absolute atomic E-state index is 13.4. The highest BCUT2D eigenvalue weighted by atomic mass is 35.5. The van der Waals surface area contributed by atoms with E-state index in [0.717, 1.165) is 4.57 Å². The van der Waals surface area contributed by atoms with Crippen molar-refractivity contribution in [1.82, 2.24) is 19.1 Å². The van der Waals surface area contributed by atoms with Crippen molar-refractivity contribution in [2.45, 2.75) is 0 Å². The normalized spacial score (nSPS) is 11.1. The highest BCUT2D eigenvalue weighted by molar-refractivity contribution is 6.33. The number of para-hydroxylation sites is 1. The Labute approximate surface area is 198 Å². The number of halogens is 1. The zero-order valence-electron chi connectivity index (χ0n) is 18.2. The van der Waals surface area contributed by atoms with Crippen LogP contribution in [0.5, 0.6) is 0 Å². The minimum atomic E-state index is -0.489. The third-order valence-electron chi connectivity index (χ3n) is 5.66. The van der Waals surface area contributed by atoms with Crippen LogP contribution in [-0.4, -0.2) is 25.0 Å². The highest BCUT2D eigenvalue weighted by Crippen LogP contribution is 2.30. The Morgan fingerprint density at radius 3 is 2.47 bits per heavy atom. The molecule has 0 atom stereocenters. The number of hydrogen-bond acceptors (Lipinski definition) is 5. The van der Waals surface area contributed by atoms with Crippen LogP contribution < -0.4 is 16.6 Å². The van der Waals surface area contributed by atoms with E-state index in [4.69, 9.17) is 11.6 Å². The van der Waals surface area contributed by atoms with Crippen molar-refractivity contribution in [2.24, 2.45) is 14.1 Å². The number of aromatic nitrogens is 4. The van der Waals surface area contributed by atoms with E-state index in [9.17, 15) is 14.4 Å². The molecular weight excluding hydrogens is 454 g/mol. The number of hydrogen-bond donors (Lipinski definition) is 1. The number of amides is 1. The number of rotatable bonds is 3. The summed E-state index contributed by atoms with van der Waals surface area (Å²) in [6.45, 7) is 0. The molecule has 8 nitrogen and oxygen atoms in total. The maximum Gasteiger partial charge on any atom is 0.332 e. The first kappa shape index (κ1) is 21.5. The van der Waals surface area contributed by atoms with Crippen LogP contribution >= 0.6 is 11.6 Å². The summed E-state index contributed by atoms with van der Waals surface area (Å²) in [5.41, 5.74) is 1.92. The number of fused-ring (bicyclic) bond motifs is 2. The minimum absolute atomic E-state index is 0.221. The van der Waals surface area contributed by atoms with Gasteiger partial charge in [0.15, 0.2) is 0 Å². The third kappa shape index (κ3) is 3.54. The minimum Gasteiger partial charge on any atom is -0.321 e. The van der Waals surface area contributed by atoms with E-state index in [-0.39, 0.29) is 11.0 Å². The van der Waals surface area contributed by atoms with Gasteiger partial charge in [-0.05, 0) is 24.3 Å². The number of aryl methyl sites for hydroxylation is 1. The number of pyridine rings is 2. The molecule has 0 spiro atoms. The second kappa shape index (κ2) is 8.24. The van der Waals surface area contributed by atoms with E-state index in [2.05, 4.69) is 15.3 Å². The van der Waals surface area contributed by atoms with Gasteiger partial charge in [-0.3, -0.25) is 18.7 Å². The van der Waals surface area contributed by atoms with Crippen molar-refractivity contribution in [1.29, 1.82) is 0 Å². The van der Waals surface area contributed by atoms with Gasteiger partial charge in [0.25, 0.3) is 11.5 Å². The van der Waals surface area contributed by atoms with Gasteiger partial charge in [0.05, 0.1) is 34.0 Å². The lowest BCUT2D eigenvalue weighted by molar-refractivity contribution is 0.102. The summed E-state index contributed by atoms with van der Waals surface area (Å²) in [7, 11) is 2.93. The van der Waals surface area contributed by atoms with Crippen LogP contribution in [0.2, 0.25) is 5.02 Å². The Morgan fingerprint density at radius 2 is 1.68 bits per heavy atom. The first-order valence-electron chi connectivity index (χ1n) is 10.4. The van der Waals surface area contributed by atoms with Gasteiger partial charge in [-0.1, -0.05) is 48.0 Å². The molecule has 2 aromatic carbocycles. The Kier molecular flexibility index (Phi) is 5.22. The highest BCUT2D eigenvalue weighted by Gasteiger charge is 2.17. The van der Waals surface area contributed by atoms with Crippen molar-refractivity contribution >= 4 is 45.1 Å². The number of nitrogens with one attached hydrogen (secondary N) is 1. The summed E-state index contributed by atoms with van der Waals surface area (Å²) in [4.78, 5) is 47.0. The first-order chi connectivity index (χ1) is 16.3. The zero-order chi connectivity index (χ0) is 24.0. The number of carbonyl (C=O) groups is 1. The van der Waals surface area contributed by atoms with E-state index in [1.54, 1.807) is 12.1 Å². The van der Waals surface area contributed by atoms with Gasteiger partial charge in [-0.2, -0.15) is 0 Å². The molecule has 0 aliphatic heterocycles. The van der Waals surface area contributed by atoms with Crippen molar-refractivity contribution in [2.75, 3.05) is 5.32 Å². The maximum atomic E-state index is 13.4. The van der Waals surface area contributed by atoms with Crippen LogP contribution in [-0.2, 0) is 14.1 Å². The quantitative estimate of drug-likeness (QED) is 0.432. The second-order valence-electron chi connectivity index (χ2n) is 7.81. The summed E-state index contributed by atoms with van der Waals surface area (Å²) in [6.07, 6.45) is 1.41. The van der Waals surface area contributed by atoms with Crippen LogP contribution in [0.3, 0.4) is 0 Å². The molecule has 0 fully saturated rings. The van der Waals surface area contributed by atoms with E-state index in [1.165, 1.54) is 30.9 Å². The van der Waals surface area contributed by atoms with Crippen LogP contribution in [0.1, 0.15) is 10.4 Å². The standard InChI is InChI=1S/C25H18ClN5O3/c1-30-22-18(24(33)31(2)25(30)34)11-14(13-27-22)28-23(32)17-12-21(16-8-3-5-9-19(16)26)29-20-10-6-4-7-15(17)20/h3-13H,1-2H3,(H,28,32). The van der Waals surface area contributed by atoms with E-state index >= 15 is 0 Å².